The van der Waals surface area contributed by atoms with Crippen molar-refractivity contribution in [2.75, 3.05) is 18.4 Å². The number of amides is 1. The van der Waals surface area contributed by atoms with E-state index in [0.717, 1.165) is 25.2 Å². The predicted molar refractivity (Wildman–Crippen MR) is 56.5 cm³/mol. The van der Waals surface area contributed by atoms with E-state index >= 15 is 0 Å². The summed E-state index contributed by atoms with van der Waals surface area (Å²) in [5.74, 6) is 0.198. The summed E-state index contributed by atoms with van der Waals surface area (Å²) in [6.07, 6.45) is 0.927. The standard InChI is InChI=1S/C9H13N3OS/c1-6-5-14-9(11-6)12-8(13)7-2-3-10-4-7/h5,7,10H,2-4H2,1H3,(H,11,12,13)/t7-/m1/s1. The lowest BCUT2D eigenvalue weighted by molar-refractivity contribution is -0.119. The highest BCUT2D eigenvalue weighted by atomic mass is 32.1. The lowest BCUT2D eigenvalue weighted by atomic mass is 10.1. The Morgan fingerprint density at radius 1 is 1.79 bits per heavy atom. The second-order valence-corrected chi connectivity index (χ2v) is 4.33. The lowest BCUT2D eigenvalue weighted by Crippen LogP contribution is -2.24. The molecule has 1 aliphatic rings. The molecular formula is C9H13N3OS. The molecule has 1 amide bonds. The SMILES string of the molecule is Cc1csc(NC(=O)[C@@H]2CCNC2)n1. The van der Waals surface area contributed by atoms with Gasteiger partial charge in [-0.05, 0) is 19.9 Å². The van der Waals surface area contributed by atoms with Gasteiger partial charge >= 0.3 is 0 Å². The van der Waals surface area contributed by atoms with E-state index in [1.54, 1.807) is 0 Å². The molecule has 0 saturated carbocycles. The highest BCUT2D eigenvalue weighted by molar-refractivity contribution is 7.13. The van der Waals surface area contributed by atoms with Crippen molar-refractivity contribution in [2.45, 2.75) is 13.3 Å². The van der Waals surface area contributed by atoms with Crippen molar-refractivity contribution in [3.63, 3.8) is 0 Å². The molecule has 4 nitrogen and oxygen atoms in total. The Balaban J connectivity index is 1.93. The van der Waals surface area contributed by atoms with Gasteiger partial charge < -0.3 is 10.6 Å². The predicted octanol–water partition coefficient (Wildman–Crippen LogP) is 1.000. The average Bonchev–Trinajstić information content (AvgIpc) is 2.75. The molecule has 1 aliphatic heterocycles. The van der Waals surface area contributed by atoms with Crippen LogP contribution >= 0.6 is 11.3 Å². The molecule has 2 rings (SSSR count). The van der Waals surface area contributed by atoms with E-state index in [2.05, 4.69) is 15.6 Å². The number of carbonyl (C=O) groups is 1. The third-order valence-electron chi connectivity index (χ3n) is 2.28. The molecule has 76 valence electrons. The van der Waals surface area contributed by atoms with E-state index in [-0.39, 0.29) is 11.8 Å². The number of carbonyl (C=O) groups excluding carboxylic acids is 1. The highest BCUT2D eigenvalue weighted by Crippen LogP contribution is 2.17. The Hall–Kier alpha value is -0.940. The first kappa shape index (κ1) is 9.61. The molecule has 0 spiro atoms. The fourth-order valence-electron chi connectivity index (χ4n) is 1.50. The minimum absolute atomic E-state index is 0.0874. The third-order valence-corrected chi connectivity index (χ3v) is 3.16. The number of rotatable bonds is 2. The van der Waals surface area contributed by atoms with Crippen LogP contribution in [-0.2, 0) is 4.79 Å². The van der Waals surface area contributed by atoms with E-state index in [0.29, 0.717) is 5.13 Å². The average molecular weight is 211 g/mol. The maximum absolute atomic E-state index is 11.6. The van der Waals surface area contributed by atoms with E-state index in [1.807, 2.05) is 12.3 Å². The fourth-order valence-corrected chi connectivity index (χ4v) is 2.19. The Morgan fingerprint density at radius 2 is 2.64 bits per heavy atom. The van der Waals surface area contributed by atoms with Crippen LogP contribution in [0.5, 0.6) is 0 Å². The van der Waals surface area contributed by atoms with Crippen LogP contribution in [0.15, 0.2) is 5.38 Å². The Bertz CT molecular complexity index is 331. The Kier molecular flexibility index (Phi) is 2.79. The van der Waals surface area contributed by atoms with Gasteiger partial charge in [-0.15, -0.1) is 11.3 Å². The first-order valence-electron chi connectivity index (χ1n) is 4.69. The number of anilines is 1. The molecule has 0 unspecified atom stereocenters. The number of aromatic nitrogens is 1. The van der Waals surface area contributed by atoms with Crippen molar-refractivity contribution in [2.24, 2.45) is 5.92 Å². The van der Waals surface area contributed by atoms with Gasteiger partial charge in [0.25, 0.3) is 0 Å². The minimum atomic E-state index is 0.0874. The van der Waals surface area contributed by atoms with Crippen LogP contribution in [0.4, 0.5) is 5.13 Å². The largest absolute Gasteiger partial charge is 0.316 e. The maximum Gasteiger partial charge on any atom is 0.230 e. The number of hydrogen-bond acceptors (Lipinski definition) is 4. The van der Waals surface area contributed by atoms with Crippen molar-refractivity contribution in [3.8, 4) is 0 Å². The van der Waals surface area contributed by atoms with Gasteiger partial charge in [-0.2, -0.15) is 0 Å². The molecule has 0 aliphatic carbocycles. The summed E-state index contributed by atoms with van der Waals surface area (Å²) in [7, 11) is 0. The fraction of sp³-hybridized carbons (Fsp3) is 0.556. The Morgan fingerprint density at radius 3 is 3.21 bits per heavy atom. The van der Waals surface area contributed by atoms with Crippen molar-refractivity contribution < 1.29 is 4.79 Å². The molecule has 0 bridgehead atoms. The first-order chi connectivity index (χ1) is 6.75. The molecule has 0 radical (unpaired) electrons. The second-order valence-electron chi connectivity index (χ2n) is 3.47. The van der Waals surface area contributed by atoms with E-state index in [4.69, 9.17) is 0 Å². The van der Waals surface area contributed by atoms with E-state index in [1.165, 1.54) is 11.3 Å². The zero-order valence-corrected chi connectivity index (χ0v) is 8.86. The van der Waals surface area contributed by atoms with Gasteiger partial charge in [0.15, 0.2) is 5.13 Å². The monoisotopic (exact) mass is 211 g/mol. The van der Waals surface area contributed by atoms with Crippen LogP contribution < -0.4 is 10.6 Å². The van der Waals surface area contributed by atoms with E-state index in [9.17, 15) is 4.79 Å². The molecule has 0 aromatic carbocycles. The van der Waals surface area contributed by atoms with Crippen molar-refractivity contribution in [1.82, 2.24) is 10.3 Å². The van der Waals surface area contributed by atoms with Gasteiger partial charge in [-0.3, -0.25) is 4.79 Å². The van der Waals surface area contributed by atoms with Crippen LogP contribution in [0.3, 0.4) is 0 Å². The van der Waals surface area contributed by atoms with Crippen LogP contribution in [0, 0.1) is 12.8 Å². The molecule has 1 saturated heterocycles. The topological polar surface area (TPSA) is 54.0 Å². The summed E-state index contributed by atoms with van der Waals surface area (Å²) in [5.41, 5.74) is 0.954. The van der Waals surface area contributed by atoms with Gasteiger partial charge in [0.05, 0.1) is 11.6 Å². The van der Waals surface area contributed by atoms with Crippen molar-refractivity contribution in [3.05, 3.63) is 11.1 Å². The van der Waals surface area contributed by atoms with Crippen molar-refractivity contribution in [1.29, 1.82) is 0 Å². The first-order valence-corrected chi connectivity index (χ1v) is 5.57. The molecule has 1 atom stereocenters. The third kappa shape index (κ3) is 2.10. The minimum Gasteiger partial charge on any atom is -0.316 e. The molecule has 1 aromatic rings. The lowest BCUT2D eigenvalue weighted by Gasteiger charge is -2.06. The summed E-state index contributed by atoms with van der Waals surface area (Å²) in [6, 6.07) is 0. The summed E-state index contributed by atoms with van der Waals surface area (Å²) in [5, 5.41) is 8.64. The van der Waals surface area contributed by atoms with Gasteiger partial charge in [0.1, 0.15) is 0 Å². The highest BCUT2D eigenvalue weighted by Gasteiger charge is 2.22. The number of aryl methyl sites for hydroxylation is 1. The second kappa shape index (κ2) is 4.06. The van der Waals surface area contributed by atoms with Gasteiger partial charge in [0, 0.05) is 11.9 Å². The zero-order valence-electron chi connectivity index (χ0n) is 8.04. The summed E-state index contributed by atoms with van der Waals surface area (Å²) in [4.78, 5) is 15.8. The molecule has 1 fully saturated rings. The van der Waals surface area contributed by atoms with E-state index < -0.39 is 0 Å². The molecule has 2 heterocycles. The van der Waals surface area contributed by atoms with Crippen LogP contribution in [-0.4, -0.2) is 24.0 Å². The molecular weight excluding hydrogens is 198 g/mol. The number of nitrogens with zero attached hydrogens (tertiary/aromatic N) is 1. The van der Waals surface area contributed by atoms with Gasteiger partial charge in [-0.1, -0.05) is 0 Å². The quantitative estimate of drug-likeness (QED) is 0.767. The summed E-state index contributed by atoms with van der Waals surface area (Å²) in [6.45, 7) is 3.65. The van der Waals surface area contributed by atoms with Gasteiger partial charge in [0.2, 0.25) is 5.91 Å². The molecule has 1 aromatic heterocycles. The number of nitrogens with one attached hydrogen (secondary N) is 2. The smallest absolute Gasteiger partial charge is 0.230 e. The normalized spacial score (nSPS) is 21.1. The molecule has 14 heavy (non-hydrogen) atoms. The van der Waals surface area contributed by atoms with Crippen LogP contribution in [0.25, 0.3) is 0 Å². The number of thiazole rings is 1. The summed E-state index contributed by atoms with van der Waals surface area (Å²) < 4.78 is 0. The Labute approximate surface area is 86.7 Å². The van der Waals surface area contributed by atoms with Gasteiger partial charge in [-0.25, -0.2) is 4.98 Å². The molecule has 5 heteroatoms. The van der Waals surface area contributed by atoms with Crippen LogP contribution in [0.1, 0.15) is 12.1 Å². The summed E-state index contributed by atoms with van der Waals surface area (Å²) >= 11 is 1.47. The maximum atomic E-state index is 11.6. The van der Waals surface area contributed by atoms with Crippen LogP contribution in [0.2, 0.25) is 0 Å². The number of hydrogen-bond donors (Lipinski definition) is 2. The zero-order chi connectivity index (χ0) is 9.97. The van der Waals surface area contributed by atoms with Crippen molar-refractivity contribution >= 4 is 22.4 Å². The molecule has 2 N–H and O–H groups in total.